The highest BCUT2D eigenvalue weighted by Crippen LogP contribution is 2.27. The van der Waals surface area contributed by atoms with Crippen molar-refractivity contribution in [3.63, 3.8) is 0 Å². The van der Waals surface area contributed by atoms with E-state index in [0.717, 1.165) is 0 Å². The predicted molar refractivity (Wildman–Crippen MR) is 122 cm³/mol. The number of aromatic nitrogens is 1. The van der Waals surface area contributed by atoms with E-state index in [4.69, 9.17) is 16.3 Å². The lowest BCUT2D eigenvalue weighted by Crippen LogP contribution is -2.43. The fourth-order valence-corrected chi connectivity index (χ4v) is 5.97. The van der Waals surface area contributed by atoms with Gasteiger partial charge in [-0.05, 0) is 36.6 Å². The average Bonchev–Trinajstić information content (AvgIpc) is 3.17. The molecule has 7 nitrogen and oxygen atoms in total. The minimum atomic E-state index is -3.62. The van der Waals surface area contributed by atoms with Crippen molar-refractivity contribution in [2.24, 2.45) is 5.92 Å². The number of fused-ring (bicyclic) bond motifs is 1. The van der Waals surface area contributed by atoms with E-state index in [9.17, 15) is 18.0 Å². The van der Waals surface area contributed by atoms with E-state index in [1.807, 2.05) is 0 Å². The third-order valence-corrected chi connectivity index (χ3v) is 7.77. The summed E-state index contributed by atoms with van der Waals surface area (Å²) in [4.78, 5) is 25.6. The van der Waals surface area contributed by atoms with Crippen LogP contribution in [0.5, 0.6) is 0 Å². The normalized spacial score (nSPS) is 17.4. The number of ether oxygens (including phenoxy) is 1. The molecule has 1 aromatic heterocycles. The summed E-state index contributed by atoms with van der Waals surface area (Å²) in [6, 6.07) is 13.8. The van der Waals surface area contributed by atoms with Crippen molar-refractivity contribution in [2.45, 2.75) is 18.6 Å². The summed E-state index contributed by atoms with van der Waals surface area (Å²) in [5.41, 5.74) is 1.50. The Bertz CT molecular complexity index is 1280. The van der Waals surface area contributed by atoms with Gasteiger partial charge in [0.2, 0.25) is 15.9 Å². The van der Waals surface area contributed by atoms with Gasteiger partial charge in [-0.2, -0.15) is 0 Å². The van der Waals surface area contributed by atoms with Gasteiger partial charge < -0.3 is 4.74 Å². The second-order valence-corrected chi connectivity index (χ2v) is 10.2. The molecular formula is C23H23ClN2O5S. The van der Waals surface area contributed by atoms with Crippen LogP contribution in [0.3, 0.4) is 0 Å². The number of sulfonamides is 1. The van der Waals surface area contributed by atoms with Crippen molar-refractivity contribution in [2.75, 3.05) is 20.2 Å². The Morgan fingerprint density at radius 2 is 1.94 bits per heavy atom. The minimum Gasteiger partial charge on any atom is -0.465 e. The van der Waals surface area contributed by atoms with Crippen molar-refractivity contribution in [3.05, 3.63) is 70.9 Å². The second kappa shape index (κ2) is 9.05. The molecule has 4 rings (SSSR count). The van der Waals surface area contributed by atoms with Gasteiger partial charge in [-0.3, -0.25) is 9.36 Å². The third kappa shape index (κ3) is 4.44. The van der Waals surface area contributed by atoms with Crippen molar-refractivity contribution >= 4 is 44.4 Å². The molecule has 1 fully saturated rings. The number of methoxy groups -OCH3 is 1. The molecule has 0 radical (unpaired) electrons. The number of hydrogen-bond acceptors (Lipinski definition) is 5. The van der Waals surface area contributed by atoms with Gasteiger partial charge in [0.15, 0.2) is 0 Å². The summed E-state index contributed by atoms with van der Waals surface area (Å²) >= 11 is 5.99. The molecule has 0 spiro atoms. The van der Waals surface area contributed by atoms with E-state index in [1.165, 1.54) is 22.2 Å². The number of piperidine rings is 1. The molecule has 32 heavy (non-hydrogen) atoms. The number of carbonyl (C=O) groups is 2. The molecule has 0 aliphatic carbocycles. The smallest absolute Gasteiger partial charge is 0.340 e. The molecule has 1 aliphatic heterocycles. The van der Waals surface area contributed by atoms with E-state index in [0.29, 0.717) is 46.4 Å². The Hall–Kier alpha value is -2.68. The number of nitrogens with zero attached hydrogens (tertiary/aromatic N) is 2. The number of hydrogen-bond donors (Lipinski definition) is 0. The monoisotopic (exact) mass is 474 g/mol. The lowest BCUT2D eigenvalue weighted by Gasteiger charge is -2.31. The zero-order chi connectivity index (χ0) is 22.9. The van der Waals surface area contributed by atoms with E-state index in [-0.39, 0.29) is 18.2 Å². The Balaban J connectivity index is 1.59. The molecule has 2 heterocycles. The van der Waals surface area contributed by atoms with Crippen molar-refractivity contribution in [1.29, 1.82) is 0 Å². The fourth-order valence-electron chi connectivity index (χ4n) is 4.16. The van der Waals surface area contributed by atoms with Crippen LogP contribution in [0.2, 0.25) is 5.02 Å². The number of halogens is 1. The molecule has 0 saturated carbocycles. The number of para-hydroxylation sites is 1. The van der Waals surface area contributed by atoms with Crippen LogP contribution in [0.1, 0.15) is 33.6 Å². The summed E-state index contributed by atoms with van der Waals surface area (Å²) in [7, 11) is -2.33. The molecule has 1 aliphatic rings. The molecular weight excluding hydrogens is 452 g/mol. The maximum absolute atomic E-state index is 13.4. The standard InChI is InChI=1S/C23H23ClN2O5S/c1-31-23(28)20-14-26(21-10-3-2-9-19(20)21)22(27)17-7-5-11-25(13-17)32(29,30)15-16-6-4-8-18(24)12-16/h2-4,6,8-10,12,14,17H,5,7,11,13,15H2,1H3/t17-/m1/s1. The lowest BCUT2D eigenvalue weighted by atomic mass is 9.98. The predicted octanol–water partition coefficient (Wildman–Crippen LogP) is 3.96. The van der Waals surface area contributed by atoms with Gasteiger partial charge in [-0.25, -0.2) is 17.5 Å². The quantitative estimate of drug-likeness (QED) is 0.522. The van der Waals surface area contributed by atoms with Crippen LogP contribution in [0.15, 0.2) is 54.7 Å². The SMILES string of the molecule is COC(=O)c1cn(C(=O)[C@@H]2CCCN(S(=O)(=O)Cc3cccc(Cl)c3)C2)c2ccccc12. The Labute approximate surface area is 191 Å². The number of carbonyl (C=O) groups excluding carboxylic acids is 2. The van der Waals surface area contributed by atoms with E-state index < -0.39 is 21.9 Å². The Morgan fingerprint density at radius 1 is 1.16 bits per heavy atom. The van der Waals surface area contributed by atoms with Crippen LogP contribution < -0.4 is 0 Å². The first-order chi connectivity index (χ1) is 15.3. The van der Waals surface area contributed by atoms with Crippen LogP contribution in [-0.2, 0) is 20.5 Å². The zero-order valence-corrected chi connectivity index (χ0v) is 19.1. The summed E-state index contributed by atoms with van der Waals surface area (Å²) in [6.45, 7) is 0.467. The maximum atomic E-state index is 13.4. The van der Waals surface area contributed by atoms with Crippen molar-refractivity contribution in [3.8, 4) is 0 Å². The molecule has 0 unspecified atom stereocenters. The topological polar surface area (TPSA) is 85.7 Å². The Morgan fingerprint density at radius 3 is 2.69 bits per heavy atom. The number of esters is 1. The molecule has 1 saturated heterocycles. The summed E-state index contributed by atoms with van der Waals surface area (Å²) < 4.78 is 33.7. The highest BCUT2D eigenvalue weighted by molar-refractivity contribution is 7.88. The first-order valence-corrected chi connectivity index (χ1v) is 12.2. The largest absolute Gasteiger partial charge is 0.465 e. The first-order valence-electron chi connectivity index (χ1n) is 10.2. The van der Waals surface area contributed by atoms with Crippen LogP contribution in [0.25, 0.3) is 10.9 Å². The molecule has 9 heteroatoms. The van der Waals surface area contributed by atoms with Gasteiger partial charge in [0, 0.05) is 29.7 Å². The molecule has 168 valence electrons. The summed E-state index contributed by atoms with van der Waals surface area (Å²) in [5.74, 6) is -1.45. The first kappa shape index (κ1) is 22.5. The molecule has 1 atom stereocenters. The van der Waals surface area contributed by atoms with Crippen LogP contribution >= 0.6 is 11.6 Å². The highest BCUT2D eigenvalue weighted by atomic mass is 35.5. The van der Waals surface area contributed by atoms with E-state index in [1.54, 1.807) is 48.5 Å². The molecule has 2 aromatic carbocycles. The van der Waals surface area contributed by atoms with Gasteiger partial charge >= 0.3 is 5.97 Å². The molecule has 0 amide bonds. The molecule has 0 N–H and O–H groups in total. The van der Waals surface area contributed by atoms with Crippen molar-refractivity contribution in [1.82, 2.24) is 8.87 Å². The fraction of sp³-hybridized carbons (Fsp3) is 0.304. The molecule has 0 bridgehead atoms. The maximum Gasteiger partial charge on any atom is 0.340 e. The van der Waals surface area contributed by atoms with Gasteiger partial charge in [-0.1, -0.05) is 41.9 Å². The second-order valence-electron chi connectivity index (χ2n) is 7.84. The minimum absolute atomic E-state index is 0.0990. The van der Waals surface area contributed by atoms with Gasteiger partial charge in [0.1, 0.15) is 0 Å². The summed E-state index contributed by atoms with van der Waals surface area (Å²) in [6.07, 6.45) is 2.63. The van der Waals surface area contributed by atoms with Crippen LogP contribution in [0, 0.1) is 5.92 Å². The summed E-state index contributed by atoms with van der Waals surface area (Å²) in [5, 5.41) is 1.10. The lowest BCUT2D eigenvalue weighted by molar-refractivity contribution is 0.0603. The highest BCUT2D eigenvalue weighted by Gasteiger charge is 2.34. The number of benzene rings is 2. The molecule has 3 aromatic rings. The van der Waals surface area contributed by atoms with Gasteiger partial charge in [-0.15, -0.1) is 0 Å². The van der Waals surface area contributed by atoms with E-state index >= 15 is 0 Å². The Kier molecular flexibility index (Phi) is 6.37. The zero-order valence-electron chi connectivity index (χ0n) is 17.5. The van der Waals surface area contributed by atoms with Crippen LogP contribution in [-0.4, -0.2) is 49.4 Å². The van der Waals surface area contributed by atoms with Crippen LogP contribution in [0.4, 0.5) is 0 Å². The van der Waals surface area contributed by atoms with Gasteiger partial charge in [0.25, 0.3) is 0 Å². The van der Waals surface area contributed by atoms with Gasteiger partial charge in [0.05, 0.1) is 29.9 Å². The third-order valence-electron chi connectivity index (χ3n) is 5.72. The number of rotatable bonds is 5. The van der Waals surface area contributed by atoms with E-state index in [2.05, 4.69) is 0 Å². The van der Waals surface area contributed by atoms with Crippen molar-refractivity contribution < 1.29 is 22.7 Å². The average molecular weight is 475 g/mol.